The first-order chi connectivity index (χ1) is 15.5. The first-order valence-corrected chi connectivity index (χ1v) is 12.0. The van der Waals surface area contributed by atoms with Crippen LogP contribution in [0, 0.1) is 5.92 Å². The maximum Gasteiger partial charge on any atom is 0.160 e. The van der Waals surface area contributed by atoms with E-state index in [0.29, 0.717) is 11.8 Å². The molecule has 0 amide bonds. The number of hydrogen-bond acceptors (Lipinski definition) is 3. The van der Waals surface area contributed by atoms with Gasteiger partial charge >= 0.3 is 0 Å². The average Bonchev–Trinajstić information content (AvgIpc) is 2.79. The zero-order valence-corrected chi connectivity index (χ0v) is 19.4. The lowest BCUT2D eigenvalue weighted by molar-refractivity contribution is 0.101. The number of allylic oxidation sites excluding steroid dienone is 2. The number of likely N-dealkylation sites (tertiary alicyclic amines) is 1. The van der Waals surface area contributed by atoms with Gasteiger partial charge in [-0.15, -0.1) is 0 Å². The molecule has 0 radical (unpaired) electrons. The van der Waals surface area contributed by atoms with E-state index in [1.807, 2.05) is 0 Å². The quantitative estimate of drug-likeness (QED) is 0.531. The molecule has 168 valence electrons. The lowest BCUT2D eigenvalue weighted by Crippen LogP contribution is -2.32. The van der Waals surface area contributed by atoms with Crippen molar-refractivity contribution in [2.24, 2.45) is 5.92 Å². The van der Waals surface area contributed by atoms with Crippen molar-refractivity contribution in [3.63, 3.8) is 0 Å². The number of benzene rings is 2. The largest absolute Gasteiger partial charge is 0.363 e. The fourth-order valence-electron chi connectivity index (χ4n) is 5.25. The molecule has 0 aliphatic carbocycles. The first kappa shape index (κ1) is 22.5. The number of carbonyl (C=O) groups excluding carboxylic acids is 1. The van der Waals surface area contributed by atoms with Gasteiger partial charge in [-0.25, -0.2) is 0 Å². The number of rotatable bonds is 7. The van der Waals surface area contributed by atoms with Gasteiger partial charge in [-0.1, -0.05) is 61.7 Å². The predicted molar refractivity (Wildman–Crippen MR) is 133 cm³/mol. The number of aryl methyl sites for hydroxylation is 1. The van der Waals surface area contributed by atoms with Gasteiger partial charge in [0.15, 0.2) is 5.78 Å². The molecule has 2 saturated heterocycles. The van der Waals surface area contributed by atoms with Crippen molar-refractivity contribution >= 4 is 5.78 Å². The van der Waals surface area contributed by atoms with Gasteiger partial charge in [0, 0.05) is 23.5 Å². The number of piperidine rings is 2. The zero-order chi connectivity index (χ0) is 22.5. The third-order valence-corrected chi connectivity index (χ3v) is 7.20. The Hall–Kier alpha value is -2.65. The van der Waals surface area contributed by atoms with Crippen molar-refractivity contribution in [2.45, 2.75) is 57.9 Å². The Balaban J connectivity index is 1.40. The molecule has 32 heavy (non-hydrogen) atoms. The first-order valence-electron chi connectivity index (χ1n) is 12.0. The van der Waals surface area contributed by atoms with E-state index >= 15 is 0 Å². The van der Waals surface area contributed by atoms with Crippen LogP contribution < -0.4 is 5.32 Å². The van der Waals surface area contributed by atoms with Crippen LogP contribution in [0.2, 0.25) is 0 Å². The molecule has 0 spiro atoms. The smallest absolute Gasteiger partial charge is 0.160 e. The number of nitrogens with zero attached hydrogens (tertiary/aromatic N) is 1. The Morgan fingerprint density at radius 3 is 2.50 bits per heavy atom. The number of carbonyl (C=O) groups is 1. The fraction of sp³-hybridized carbons (Fsp3) is 0.414. The van der Waals surface area contributed by atoms with Crippen LogP contribution in [0.3, 0.4) is 0 Å². The van der Waals surface area contributed by atoms with E-state index in [9.17, 15) is 4.79 Å². The Kier molecular flexibility index (Phi) is 7.26. The second-order valence-corrected chi connectivity index (χ2v) is 9.54. The maximum absolute atomic E-state index is 12.3. The summed E-state index contributed by atoms with van der Waals surface area (Å²) in [7, 11) is 0. The van der Waals surface area contributed by atoms with Crippen molar-refractivity contribution in [3.8, 4) is 0 Å². The van der Waals surface area contributed by atoms with E-state index in [4.69, 9.17) is 0 Å². The van der Waals surface area contributed by atoms with Gasteiger partial charge < -0.3 is 5.32 Å². The van der Waals surface area contributed by atoms with E-state index in [2.05, 4.69) is 71.9 Å². The van der Waals surface area contributed by atoms with Crippen LogP contribution in [0.1, 0.15) is 72.0 Å². The molecule has 0 bridgehead atoms. The number of hydrogen-bond donors (Lipinski definition) is 1. The molecule has 1 atom stereocenters. The molecule has 1 unspecified atom stereocenters. The van der Waals surface area contributed by atoms with Crippen LogP contribution in [-0.2, 0) is 13.0 Å². The van der Waals surface area contributed by atoms with Crippen molar-refractivity contribution < 1.29 is 4.79 Å². The standard InChI is InChI=1S/C29H36N2O/c1-21-9-10-25(22(2)30-21)11-12-28-19-27(13-14-29(28)23(3)32)26-15-17-31(18-16-26)20-24-7-5-4-6-8-24/h4-8,13-14,19,25-26,30H,1-2,9-12,15-18,20H2,3H3. The Morgan fingerprint density at radius 1 is 1.06 bits per heavy atom. The van der Waals surface area contributed by atoms with Crippen molar-refractivity contribution in [3.05, 3.63) is 95.3 Å². The molecule has 0 aromatic heterocycles. The molecule has 2 aliphatic heterocycles. The molecule has 1 N–H and O–H groups in total. The summed E-state index contributed by atoms with van der Waals surface area (Å²) in [5.74, 6) is 1.19. The predicted octanol–water partition coefficient (Wildman–Crippen LogP) is 6.23. The maximum atomic E-state index is 12.3. The second kappa shape index (κ2) is 10.3. The van der Waals surface area contributed by atoms with E-state index in [1.54, 1.807) is 6.92 Å². The summed E-state index contributed by atoms with van der Waals surface area (Å²) >= 11 is 0. The molecule has 0 saturated carbocycles. The Labute approximate surface area is 193 Å². The highest BCUT2D eigenvalue weighted by Crippen LogP contribution is 2.32. The van der Waals surface area contributed by atoms with E-state index in [-0.39, 0.29) is 5.78 Å². The van der Waals surface area contributed by atoms with Crippen LogP contribution >= 0.6 is 0 Å². The highest BCUT2D eigenvalue weighted by atomic mass is 16.1. The summed E-state index contributed by atoms with van der Waals surface area (Å²) in [4.78, 5) is 14.8. The molecule has 2 aliphatic rings. The lowest BCUT2D eigenvalue weighted by atomic mass is 9.84. The minimum atomic E-state index is 0.165. The minimum Gasteiger partial charge on any atom is -0.363 e. The van der Waals surface area contributed by atoms with Gasteiger partial charge in [-0.2, -0.15) is 0 Å². The molecular formula is C29H36N2O. The number of Topliss-reactive ketones (excluding diaryl/α,β-unsaturated/α-hetero) is 1. The average molecular weight is 429 g/mol. The minimum absolute atomic E-state index is 0.165. The van der Waals surface area contributed by atoms with Crippen LogP contribution in [0.15, 0.2) is 73.1 Å². The van der Waals surface area contributed by atoms with E-state index in [1.165, 1.54) is 29.5 Å². The van der Waals surface area contributed by atoms with Gasteiger partial charge in [-0.05, 0) is 87.1 Å². The number of ketones is 1. The third-order valence-electron chi connectivity index (χ3n) is 7.20. The third kappa shape index (κ3) is 5.58. The molecular weight excluding hydrogens is 392 g/mol. The highest BCUT2D eigenvalue weighted by Gasteiger charge is 2.23. The summed E-state index contributed by atoms with van der Waals surface area (Å²) in [6, 6.07) is 17.3. The number of nitrogens with one attached hydrogen (secondary N) is 1. The lowest BCUT2D eigenvalue weighted by Gasteiger charge is -2.32. The van der Waals surface area contributed by atoms with Crippen LogP contribution in [0.5, 0.6) is 0 Å². The van der Waals surface area contributed by atoms with Gasteiger partial charge in [0.25, 0.3) is 0 Å². The fourth-order valence-corrected chi connectivity index (χ4v) is 5.25. The van der Waals surface area contributed by atoms with Gasteiger partial charge in [-0.3, -0.25) is 9.69 Å². The Bertz CT molecular complexity index is 970. The SMILES string of the molecule is C=C1CCC(CCc2cc(C3CCN(Cc4ccccc4)CC3)ccc2C(C)=O)C(=C)N1. The normalized spacial score (nSPS) is 20.2. The van der Waals surface area contributed by atoms with Crippen LogP contribution in [0.25, 0.3) is 0 Å². The molecule has 2 aromatic carbocycles. The molecule has 2 heterocycles. The van der Waals surface area contributed by atoms with Crippen molar-refractivity contribution in [1.82, 2.24) is 10.2 Å². The monoisotopic (exact) mass is 428 g/mol. The molecule has 4 rings (SSSR count). The molecule has 3 nitrogen and oxygen atoms in total. The summed E-state index contributed by atoms with van der Waals surface area (Å²) in [6.07, 6.45) is 6.41. The Morgan fingerprint density at radius 2 is 1.81 bits per heavy atom. The van der Waals surface area contributed by atoms with Crippen LogP contribution in [-0.4, -0.2) is 23.8 Å². The van der Waals surface area contributed by atoms with Gasteiger partial charge in [0.1, 0.15) is 0 Å². The van der Waals surface area contributed by atoms with Gasteiger partial charge in [0.05, 0.1) is 0 Å². The summed E-state index contributed by atoms with van der Waals surface area (Å²) in [6.45, 7) is 13.2. The van der Waals surface area contributed by atoms with Gasteiger partial charge in [0.2, 0.25) is 0 Å². The summed E-state index contributed by atoms with van der Waals surface area (Å²) in [5, 5.41) is 3.33. The summed E-state index contributed by atoms with van der Waals surface area (Å²) < 4.78 is 0. The second-order valence-electron chi connectivity index (χ2n) is 9.54. The molecule has 2 fully saturated rings. The highest BCUT2D eigenvalue weighted by molar-refractivity contribution is 5.95. The van der Waals surface area contributed by atoms with Crippen LogP contribution in [0.4, 0.5) is 0 Å². The van der Waals surface area contributed by atoms with E-state index < -0.39 is 0 Å². The topological polar surface area (TPSA) is 32.3 Å². The van der Waals surface area contributed by atoms with E-state index in [0.717, 1.165) is 62.3 Å². The van der Waals surface area contributed by atoms with Crippen molar-refractivity contribution in [1.29, 1.82) is 0 Å². The summed E-state index contributed by atoms with van der Waals surface area (Å²) in [5.41, 5.74) is 7.02. The zero-order valence-electron chi connectivity index (χ0n) is 19.4. The molecule has 2 aromatic rings. The molecule has 3 heteroatoms. The van der Waals surface area contributed by atoms with Crippen molar-refractivity contribution in [2.75, 3.05) is 13.1 Å².